The van der Waals surface area contributed by atoms with E-state index in [2.05, 4.69) is 15.2 Å². The van der Waals surface area contributed by atoms with E-state index in [1.807, 2.05) is 13.0 Å². The van der Waals surface area contributed by atoms with Gasteiger partial charge in [0.1, 0.15) is 12.4 Å². The number of rotatable bonds is 6. The molecule has 3 heterocycles. The molecule has 8 heteroatoms. The van der Waals surface area contributed by atoms with Crippen molar-refractivity contribution in [1.29, 1.82) is 0 Å². The van der Waals surface area contributed by atoms with Crippen molar-refractivity contribution >= 4 is 5.91 Å². The third-order valence-electron chi connectivity index (χ3n) is 4.48. The molecular weight excluding hydrogens is 360 g/mol. The van der Waals surface area contributed by atoms with E-state index in [0.29, 0.717) is 35.2 Å². The van der Waals surface area contributed by atoms with Crippen LogP contribution in [-0.4, -0.2) is 39.8 Å². The van der Waals surface area contributed by atoms with Crippen LogP contribution in [0.4, 0.5) is 0 Å². The van der Waals surface area contributed by atoms with Crippen molar-refractivity contribution in [2.24, 2.45) is 0 Å². The van der Waals surface area contributed by atoms with Crippen LogP contribution in [0.25, 0.3) is 0 Å². The Morgan fingerprint density at radius 2 is 2.11 bits per heavy atom. The summed E-state index contributed by atoms with van der Waals surface area (Å²) in [5.74, 6) is 1.85. The standard InChI is InChI=1S/C20H20N4O4/c1-13-9-21-6-5-14(13)10-24(2)20(25)17-7-15(22-23-17)11-26-16-3-4-18-19(8-16)28-12-27-18/h3-9H,10-12H2,1-2H3,(H,22,23). The third kappa shape index (κ3) is 3.75. The highest BCUT2D eigenvalue weighted by atomic mass is 16.7. The SMILES string of the molecule is Cc1cnccc1CN(C)C(=O)c1cc(COc2ccc3c(c2)OCO3)[nH]n1. The molecular formula is C20H20N4O4. The molecule has 1 amide bonds. The fraction of sp³-hybridized carbons (Fsp3) is 0.250. The number of hydrogen-bond donors (Lipinski definition) is 1. The summed E-state index contributed by atoms with van der Waals surface area (Å²) >= 11 is 0. The van der Waals surface area contributed by atoms with Gasteiger partial charge in [-0.15, -0.1) is 0 Å². The highest BCUT2D eigenvalue weighted by molar-refractivity contribution is 5.92. The van der Waals surface area contributed by atoms with Gasteiger partial charge in [0.05, 0.1) is 5.69 Å². The Hall–Kier alpha value is -3.55. The van der Waals surface area contributed by atoms with Gasteiger partial charge in [0.25, 0.3) is 5.91 Å². The molecule has 0 unspecified atom stereocenters. The smallest absolute Gasteiger partial charge is 0.274 e. The van der Waals surface area contributed by atoms with Crippen molar-refractivity contribution in [3.63, 3.8) is 0 Å². The van der Waals surface area contributed by atoms with Gasteiger partial charge in [0.2, 0.25) is 6.79 Å². The molecule has 0 bridgehead atoms. The van der Waals surface area contributed by atoms with Gasteiger partial charge >= 0.3 is 0 Å². The summed E-state index contributed by atoms with van der Waals surface area (Å²) in [4.78, 5) is 18.3. The molecule has 144 valence electrons. The summed E-state index contributed by atoms with van der Waals surface area (Å²) in [6.07, 6.45) is 3.51. The highest BCUT2D eigenvalue weighted by Gasteiger charge is 2.17. The fourth-order valence-electron chi connectivity index (χ4n) is 2.88. The Morgan fingerprint density at radius 3 is 2.96 bits per heavy atom. The van der Waals surface area contributed by atoms with Gasteiger partial charge in [-0.3, -0.25) is 14.9 Å². The molecule has 1 N–H and O–H groups in total. The van der Waals surface area contributed by atoms with Gasteiger partial charge in [-0.1, -0.05) is 0 Å². The summed E-state index contributed by atoms with van der Waals surface area (Å²) in [6.45, 7) is 2.94. The topological polar surface area (TPSA) is 89.6 Å². The number of aromatic nitrogens is 3. The summed E-state index contributed by atoms with van der Waals surface area (Å²) in [6, 6.07) is 8.99. The van der Waals surface area contributed by atoms with Crippen LogP contribution in [-0.2, 0) is 13.2 Å². The van der Waals surface area contributed by atoms with Crippen LogP contribution in [0.3, 0.4) is 0 Å². The number of hydrogen-bond acceptors (Lipinski definition) is 6. The zero-order chi connectivity index (χ0) is 19.5. The molecule has 0 aliphatic carbocycles. The predicted molar refractivity (Wildman–Crippen MR) is 100 cm³/mol. The molecule has 28 heavy (non-hydrogen) atoms. The first kappa shape index (κ1) is 17.8. The Balaban J connectivity index is 1.37. The second-order valence-electron chi connectivity index (χ2n) is 6.55. The normalized spacial score (nSPS) is 12.1. The summed E-state index contributed by atoms with van der Waals surface area (Å²) in [5.41, 5.74) is 3.14. The van der Waals surface area contributed by atoms with Gasteiger partial charge in [-0.2, -0.15) is 5.10 Å². The summed E-state index contributed by atoms with van der Waals surface area (Å²) < 4.78 is 16.4. The van der Waals surface area contributed by atoms with Crippen LogP contribution in [0, 0.1) is 6.92 Å². The van der Waals surface area contributed by atoms with Crippen molar-refractivity contribution in [3.8, 4) is 17.2 Å². The number of amides is 1. The minimum absolute atomic E-state index is 0.165. The average Bonchev–Trinajstić information content (AvgIpc) is 3.36. The van der Waals surface area contributed by atoms with E-state index in [0.717, 1.165) is 11.1 Å². The van der Waals surface area contributed by atoms with Crippen LogP contribution in [0.15, 0.2) is 42.7 Å². The molecule has 8 nitrogen and oxygen atoms in total. The van der Waals surface area contributed by atoms with Crippen LogP contribution >= 0.6 is 0 Å². The van der Waals surface area contributed by atoms with Crippen LogP contribution in [0.2, 0.25) is 0 Å². The minimum Gasteiger partial charge on any atom is -0.487 e. The number of aryl methyl sites for hydroxylation is 1. The maximum Gasteiger partial charge on any atom is 0.274 e. The zero-order valence-electron chi connectivity index (χ0n) is 15.6. The van der Waals surface area contributed by atoms with Gasteiger partial charge in [0, 0.05) is 32.1 Å². The fourth-order valence-corrected chi connectivity index (χ4v) is 2.88. The highest BCUT2D eigenvalue weighted by Crippen LogP contribution is 2.35. The molecule has 4 rings (SSSR count). The Labute approximate surface area is 162 Å². The maximum absolute atomic E-state index is 12.6. The van der Waals surface area contributed by atoms with Crippen molar-refractivity contribution in [2.75, 3.05) is 13.8 Å². The van der Waals surface area contributed by atoms with Crippen molar-refractivity contribution in [3.05, 3.63) is 65.2 Å². The Bertz CT molecular complexity index is 1000. The third-order valence-corrected chi connectivity index (χ3v) is 4.48. The quantitative estimate of drug-likeness (QED) is 0.707. The molecule has 3 aromatic rings. The first-order valence-electron chi connectivity index (χ1n) is 8.82. The van der Waals surface area contributed by atoms with E-state index in [4.69, 9.17) is 14.2 Å². The van der Waals surface area contributed by atoms with E-state index in [1.165, 1.54) is 0 Å². The molecule has 0 saturated heterocycles. The van der Waals surface area contributed by atoms with E-state index in [9.17, 15) is 4.79 Å². The lowest BCUT2D eigenvalue weighted by Gasteiger charge is -2.17. The van der Waals surface area contributed by atoms with E-state index < -0.39 is 0 Å². The second-order valence-corrected chi connectivity index (χ2v) is 6.55. The number of H-pyrrole nitrogens is 1. The number of pyridine rings is 1. The van der Waals surface area contributed by atoms with Crippen molar-refractivity contribution in [1.82, 2.24) is 20.1 Å². The van der Waals surface area contributed by atoms with Crippen molar-refractivity contribution in [2.45, 2.75) is 20.1 Å². The van der Waals surface area contributed by atoms with Gasteiger partial charge in [-0.25, -0.2) is 0 Å². The van der Waals surface area contributed by atoms with E-state index >= 15 is 0 Å². The lowest BCUT2D eigenvalue weighted by molar-refractivity contribution is 0.0779. The average molecular weight is 380 g/mol. The number of carbonyl (C=O) groups is 1. The van der Waals surface area contributed by atoms with E-state index in [1.54, 1.807) is 48.6 Å². The van der Waals surface area contributed by atoms with Crippen LogP contribution in [0.1, 0.15) is 27.3 Å². The molecule has 0 spiro atoms. The molecule has 2 aromatic heterocycles. The number of nitrogens with one attached hydrogen (secondary N) is 1. The van der Waals surface area contributed by atoms with E-state index in [-0.39, 0.29) is 19.3 Å². The van der Waals surface area contributed by atoms with Crippen LogP contribution < -0.4 is 14.2 Å². The zero-order valence-corrected chi connectivity index (χ0v) is 15.6. The van der Waals surface area contributed by atoms with Gasteiger partial charge in [-0.05, 0) is 42.3 Å². The van der Waals surface area contributed by atoms with Crippen LogP contribution in [0.5, 0.6) is 17.2 Å². The molecule has 1 aromatic carbocycles. The summed E-state index contributed by atoms with van der Waals surface area (Å²) in [7, 11) is 1.75. The van der Waals surface area contributed by atoms with Gasteiger partial charge in [0.15, 0.2) is 17.2 Å². The Morgan fingerprint density at radius 1 is 1.25 bits per heavy atom. The van der Waals surface area contributed by atoms with Gasteiger partial charge < -0.3 is 19.1 Å². The lowest BCUT2D eigenvalue weighted by Crippen LogP contribution is -2.26. The molecule has 0 fully saturated rings. The molecule has 1 aliphatic heterocycles. The number of fused-ring (bicyclic) bond motifs is 1. The second kappa shape index (κ2) is 7.59. The minimum atomic E-state index is -0.165. The predicted octanol–water partition coefficient (Wildman–Crippen LogP) is 2.69. The number of ether oxygens (including phenoxy) is 3. The lowest BCUT2D eigenvalue weighted by atomic mass is 10.1. The first-order chi connectivity index (χ1) is 13.6. The Kier molecular flexibility index (Phi) is 4.84. The monoisotopic (exact) mass is 380 g/mol. The largest absolute Gasteiger partial charge is 0.487 e. The van der Waals surface area contributed by atoms with Crippen molar-refractivity contribution < 1.29 is 19.0 Å². The molecule has 0 radical (unpaired) electrons. The number of benzene rings is 1. The number of carbonyl (C=O) groups excluding carboxylic acids is 1. The maximum atomic E-state index is 12.6. The number of nitrogens with zero attached hydrogens (tertiary/aromatic N) is 3. The molecule has 0 atom stereocenters. The molecule has 1 aliphatic rings. The first-order valence-corrected chi connectivity index (χ1v) is 8.82. The molecule has 0 saturated carbocycles. The summed E-state index contributed by atoms with van der Waals surface area (Å²) in [5, 5.41) is 6.97. The number of aromatic amines is 1.